The van der Waals surface area contributed by atoms with Crippen LogP contribution in [0.5, 0.6) is 0 Å². The van der Waals surface area contributed by atoms with E-state index in [4.69, 9.17) is 9.47 Å². The number of hydrogen-bond donors (Lipinski definition) is 0. The van der Waals surface area contributed by atoms with Gasteiger partial charge >= 0.3 is 5.97 Å². The predicted octanol–water partition coefficient (Wildman–Crippen LogP) is 2.62. The molecule has 0 radical (unpaired) electrons. The molecule has 0 saturated carbocycles. The summed E-state index contributed by atoms with van der Waals surface area (Å²) in [6.45, 7) is 0.327. The molecule has 1 atom stereocenters. The first kappa shape index (κ1) is 15.4. The van der Waals surface area contributed by atoms with Crippen LogP contribution in [0.1, 0.15) is 36.0 Å². The second kappa shape index (κ2) is 9.28. The molecule has 1 aromatic rings. The number of ether oxygens (including phenoxy) is 2. The summed E-state index contributed by atoms with van der Waals surface area (Å²) in [6.07, 6.45) is 3.73. The van der Waals surface area contributed by atoms with Crippen molar-refractivity contribution in [1.29, 1.82) is 0 Å². The lowest BCUT2D eigenvalue weighted by Gasteiger charge is -2.14. The van der Waals surface area contributed by atoms with Crippen LogP contribution in [0.2, 0.25) is 0 Å². The van der Waals surface area contributed by atoms with Crippen molar-refractivity contribution in [2.45, 2.75) is 31.8 Å². The number of esters is 1. The molecule has 0 bridgehead atoms. The molecule has 1 aromatic carbocycles. The molecule has 0 spiro atoms. The molecule has 19 heavy (non-hydrogen) atoms. The van der Waals surface area contributed by atoms with Gasteiger partial charge in [0, 0.05) is 20.0 Å². The lowest BCUT2D eigenvalue weighted by atomic mass is 10.1. The lowest BCUT2D eigenvalue weighted by molar-refractivity contribution is -0.108. The molecule has 0 heterocycles. The molecule has 0 fully saturated rings. The van der Waals surface area contributed by atoms with Crippen LogP contribution in [0.4, 0.5) is 0 Å². The summed E-state index contributed by atoms with van der Waals surface area (Å²) < 4.78 is 10.5. The summed E-state index contributed by atoms with van der Waals surface area (Å²) in [5.74, 6) is -0.316. The summed E-state index contributed by atoms with van der Waals surface area (Å²) in [6, 6.07) is 8.90. The van der Waals surface area contributed by atoms with E-state index in [9.17, 15) is 9.59 Å². The van der Waals surface area contributed by atoms with Crippen molar-refractivity contribution >= 4 is 12.3 Å². The van der Waals surface area contributed by atoms with Crippen LogP contribution >= 0.6 is 0 Å². The van der Waals surface area contributed by atoms with Crippen molar-refractivity contribution in [3.05, 3.63) is 35.9 Å². The van der Waals surface area contributed by atoms with Crippen molar-refractivity contribution in [3.63, 3.8) is 0 Å². The molecule has 0 N–H and O–H groups in total. The minimum absolute atomic E-state index is 0.0310. The maximum absolute atomic E-state index is 11.7. The van der Waals surface area contributed by atoms with Crippen LogP contribution < -0.4 is 0 Å². The van der Waals surface area contributed by atoms with E-state index in [1.807, 2.05) is 6.07 Å². The molecule has 0 aromatic heterocycles. The summed E-state index contributed by atoms with van der Waals surface area (Å²) in [7, 11) is 1.63. The van der Waals surface area contributed by atoms with Gasteiger partial charge in [-0.25, -0.2) is 4.79 Å². The van der Waals surface area contributed by atoms with Crippen molar-refractivity contribution in [2.24, 2.45) is 0 Å². The highest BCUT2D eigenvalue weighted by Crippen LogP contribution is 2.09. The van der Waals surface area contributed by atoms with Crippen molar-refractivity contribution in [1.82, 2.24) is 0 Å². The molecule has 0 aliphatic heterocycles. The van der Waals surface area contributed by atoms with Crippen LogP contribution in [-0.2, 0) is 14.3 Å². The molecule has 1 rings (SSSR count). The fourth-order valence-corrected chi connectivity index (χ4v) is 1.75. The van der Waals surface area contributed by atoms with Gasteiger partial charge in [0.25, 0.3) is 0 Å². The highest BCUT2D eigenvalue weighted by atomic mass is 16.5. The lowest BCUT2D eigenvalue weighted by Crippen LogP contribution is -2.16. The maximum atomic E-state index is 11.7. The summed E-state index contributed by atoms with van der Waals surface area (Å²) in [5.41, 5.74) is 0.553. The van der Waals surface area contributed by atoms with E-state index in [0.717, 1.165) is 19.1 Å². The average Bonchev–Trinajstić information content (AvgIpc) is 2.46. The zero-order valence-electron chi connectivity index (χ0n) is 11.2. The Kier molecular flexibility index (Phi) is 7.51. The Morgan fingerprint density at radius 3 is 2.63 bits per heavy atom. The Bertz CT molecular complexity index is 375. The molecular formula is C15H20O4. The standard InChI is InChI=1S/C15H20O4/c1-18-14(9-5-6-11-16)10-12-19-15(17)13-7-3-2-4-8-13/h2-4,7-8,11,14H,5-6,9-10,12H2,1H3/t14-/m0/s1. The second-order valence-electron chi connectivity index (χ2n) is 4.25. The van der Waals surface area contributed by atoms with Gasteiger partial charge in [-0.15, -0.1) is 0 Å². The first-order valence-corrected chi connectivity index (χ1v) is 6.46. The summed E-state index contributed by atoms with van der Waals surface area (Å²) in [5, 5.41) is 0. The van der Waals surface area contributed by atoms with Crippen LogP contribution in [0, 0.1) is 0 Å². The third-order valence-corrected chi connectivity index (χ3v) is 2.86. The molecule has 104 valence electrons. The van der Waals surface area contributed by atoms with Crippen molar-refractivity contribution in [3.8, 4) is 0 Å². The Morgan fingerprint density at radius 1 is 1.26 bits per heavy atom. The van der Waals surface area contributed by atoms with E-state index in [2.05, 4.69) is 0 Å². The number of methoxy groups -OCH3 is 1. The number of rotatable bonds is 9. The number of benzene rings is 1. The third-order valence-electron chi connectivity index (χ3n) is 2.86. The van der Waals surface area contributed by atoms with E-state index in [1.165, 1.54) is 0 Å². The molecule has 0 amide bonds. The van der Waals surface area contributed by atoms with E-state index in [1.54, 1.807) is 31.4 Å². The van der Waals surface area contributed by atoms with E-state index in [0.29, 0.717) is 25.0 Å². The number of unbranched alkanes of at least 4 members (excludes halogenated alkanes) is 1. The van der Waals surface area contributed by atoms with Gasteiger partial charge in [-0.2, -0.15) is 0 Å². The maximum Gasteiger partial charge on any atom is 0.338 e. The Hall–Kier alpha value is -1.68. The highest BCUT2D eigenvalue weighted by molar-refractivity contribution is 5.89. The zero-order chi connectivity index (χ0) is 13.9. The number of aldehydes is 1. The molecule has 4 nitrogen and oxygen atoms in total. The second-order valence-corrected chi connectivity index (χ2v) is 4.25. The predicted molar refractivity (Wildman–Crippen MR) is 72.1 cm³/mol. The van der Waals surface area contributed by atoms with E-state index < -0.39 is 0 Å². The van der Waals surface area contributed by atoms with E-state index in [-0.39, 0.29) is 12.1 Å². The molecule has 0 saturated heterocycles. The van der Waals surface area contributed by atoms with Gasteiger partial charge in [0.1, 0.15) is 6.29 Å². The van der Waals surface area contributed by atoms with Gasteiger partial charge < -0.3 is 14.3 Å². The van der Waals surface area contributed by atoms with Crippen LogP contribution in [0.3, 0.4) is 0 Å². The Labute approximate surface area is 113 Å². The van der Waals surface area contributed by atoms with Gasteiger partial charge in [-0.1, -0.05) is 18.2 Å². The molecule has 0 aliphatic rings. The first-order chi connectivity index (χ1) is 9.27. The monoisotopic (exact) mass is 264 g/mol. The van der Waals surface area contributed by atoms with Crippen molar-refractivity contribution < 1.29 is 19.1 Å². The Morgan fingerprint density at radius 2 is 2.00 bits per heavy atom. The van der Waals surface area contributed by atoms with Gasteiger partial charge in [0.2, 0.25) is 0 Å². The highest BCUT2D eigenvalue weighted by Gasteiger charge is 2.10. The quantitative estimate of drug-likeness (QED) is 0.391. The number of hydrogen-bond acceptors (Lipinski definition) is 4. The van der Waals surface area contributed by atoms with Gasteiger partial charge in [-0.3, -0.25) is 0 Å². The van der Waals surface area contributed by atoms with Crippen LogP contribution in [-0.4, -0.2) is 32.1 Å². The van der Waals surface area contributed by atoms with Crippen LogP contribution in [0.15, 0.2) is 30.3 Å². The van der Waals surface area contributed by atoms with Gasteiger partial charge in [-0.05, 0) is 25.0 Å². The molecule has 0 aliphatic carbocycles. The van der Waals surface area contributed by atoms with Gasteiger partial charge in [0.15, 0.2) is 0 Å². The minimum atomic E-state index is -0.316. The number of carbonyl (C=O) groups is 2. The zero-order valence-corrected chi connectivity index (χ0v) is 11.2. The SMILES string of the molecule is CO[C@@H](CCCC=O)CCOC(=O)c1ccccc1. The fourth-order valence-electron chi connectivity index (χ4n) is 1.75. The normalized spacial score (nSPS) is 11.8. The average molecular weight is 264 g/mol. The smallest absolute Gasteiger partial charge is 0.338 e. The van der Waals surface area contributed by atoms with Gasteiger partial charge in [0.05, 0.1) is 18.3 Å². The Balaban J connectivity index is 2.24. The number of carbonyl (C=O) groups excluding carboxylic acids is 2. The molecule has 4 heteroatoms. The first-order valence-electron chi connectivity index (χ1n) is 6.46. The van der Waals surface area contributed by atoms with E-state index >= 15 is 0 Å². The third kappa shape index (κ3) is 6.15. The minimum Gasteiger partial charge on any atom is -0.462 e. The summed E-state index contributed by atoms with van der Waals surface area (Å²) >= 11 is 0. The fraction of sp³-hybridized carbons (Fsp3) is 0.467. The van der Waals surface area contributed by atoms with Crippen molar-refractivity contribution in [2.75, 3.05) is 13.7 Å². The van der Waals surface area contributed by atoms with Crippen LogP contribution in [0.25, 0.3) is 0 Å². The largest absolute Gasteiger partial charge is 0.462 e. The molecule has 0 unspecified atom stereocenters. The molecular weight excluding hydrogens is 244 g/mol. The summed E-state index contributed by atoms with van der Waals surface area (Å²) in [4.78, 5) is 21.9. The topological polar surface area (TPSA) is 52.6 Å².